The highest BCUT2D eigenvalue weighted by Gasteiger charge is 2.14. The third kappa shape index (κ3) is 2.45. The molecule has 0 spiro atoms. The molecule has 2 aromatic heterocycles. The van der Waals surface area contributed by atoms with Gasteiger partial charge in [0.1, 0.15) is 5.76 Å². The van der Waals surface area contributed by atoms with E-state index < -0.39 is 0 Å². The Hall–Kier alpha value is -2.49. The summed E-state index contributed by atoms with van der Waals surface area (Å²) in [7, 11) is 0. The van der Waals surface area contributed by atoms with Crippen molar-refractivity contribution >= 4 is 5.69 Å². The molecule has 0 saturated carbocycles. The minimum Gasteiger partial charge on any atom is -0.467 e. The van der Waals surface area contributed by atoms with Gasteiger partial charge in [0.05, 0.1) is 23.7 Å². The predicted molar refractivity (Wildman–Crippen MR) is 78.9 cm³/mol. The van der Waals surface area contributed by atoms with Crippen molar-refractivity contribution in [3.63, 3.8) is 0 Å². The van der Waals surface area contributed by atoms with E-state index in [1.165, 1.54) is 0 Å². The van der Waals surface area contributed by atoms with E-state index in [-0.39, 0.29) is 6.04 Å². The minimum absolute atomic E-state index is 0.154. The summed E-state index contributed by atoms with van der Waals surface area (Å²) in [6, 6.07) is 14.1. The van der Waals surface area contributed by atoms with Crippen molar-refractivity contribution in [3.05, 3.63) is 66.9 Å². The maximum atomic E-state index is 5.50. The van der Waals surface area contributed by atoms with E-state index in [4.69, 9.17) is 4.42 Å². The van der Waals surface area contributed by atoms with Gasteiger partial charge in [-0.1, -0.05) is 19.1 Å². The molecule has 0 aliphatic rings. The van der Waals surface area contributed by atoms with Crippen molar-refractivity contribution in [1.29, 1.82) is 0 Å². The van der Waals surface area contributed by atoms with Crippen LogP contribution in [0.1, 0.15) is 25.1 Å². The first kappa shape index (κ1) is 12.5. The van der Waals surface area contributed by atoms with Crippen molar-refractivity contribution in [1.82, 2.24) is 9.78 Å². The number of nitrogens with one attached hydrogen (secondary N) is 1. The van der Waals surface area contributed by atoms with Crippen LogP contribution in [0.2, 0.25) is 0 Å². The van der Waals surface area contributed by atoms with Gasteiger partial charge in [-0.25, -0.2) is 4.68 Å². The summed E-state index contributed by atoms with van der Waals surface area (Å²) in [4.78, 5) is 0. The molecule has 1 atom stereocenters. The van der Waals surface area contributed by atoms with E-state index in [1.807, 2.05) is 47.3 Å². The van der Waals surface area contributed by atoms with Gasteiger partial charge in [0.25, 0.3) is 0 Å². The molecule has 1 N–H and O–H groups in total. The molecular weight excluding hydrogens is 250 g/mol. The lowest BCUT2D eigenvalue weighted by Gasteiger charge is -2.18. The lowest BCUT2D eigenvalue weighted by Crippen LogP contribution is -2.11. The van der Waals surface area contributed by atoms with Gasteiger partial charge in [0.15, 0.2) is 0 Å². The number of aromatic nitrogens is 2. The lowest BCUT2D eigenvalue weighted by atomic mass is 10.1. The highest BCUT2D eigenvalue weighted by Crippen LogP contribution is 2.26. The molecule has 0 radical (unpaired) electrons. The van der Waals surface area contributed by atoms with Crippen LogP contribution in [-0.4, -0.2) is 9.78 Å². The van der Waals surface area contributed by atoms with Crippen LogP contribution < -0.4 is 5.32 Å². The minimum atomic E-state index is 0.154. The van der Waals surface area contributed by atoms with Crippen LogP contribution in [0.15, 0.2) is 65.5 Å². The first-order chi connectivity index (χ1) is 9.88. The molecule has 3 rings (SSSR count). The maximum absolute atomic E-state index is 5.50. The van der Waals surface area contributed by atoms with Crippen LogP contribution in [0, 0.1) is 0 Å². The average Bonchev–Trinajstić information content (AvgIpc) is 3.18. The smallest absolute Gasteiger partial charge is 0.125 e. The molecule has 3 aromatic rings. The molecule has 4 heteroatoms. The van der Waals surface area contributed by atoms with E-state index in [0.29, 0.717) is 0 Å². The Morgan fingerprint density at radius 2 is 2.10 bits per heavy atom. The maximum Gasteiger partial charge on any atom is 0.125 e. The van der Waals surface area contributed by atoms with Crippen molar-refractivity contribution in [2.24, 2.45) is 0 Å². The molecule has 0 amide bonds. The molecule has 4 nitrogen and oxygen atoms in total. The molecule has 0 aliphatic heterocycles. The molecule has 20 heavy (non-hydrogen) atoms. The van der Waals surface area contributed by atoms with Gasteiger partial charge < -0.3 is 9.73 Å². The molecule has 1 aromatic carbocycles. The van der Waals surface area contributed by atoms with Gasteiger partial charge in [0.2, 0.25) is 0 Å². The van der Waals surface area contributed by atoms with Crippen LogP contribution in [-0.2, 0) is 0 Å². The van der Waals surface area contributed by atoms with Crippen LogP contribution in [0.5, 0.6) is 0 Å². The van der Waals surface area contributed by atoms with E-state index in [9.17, 15) is 0 Å². The molecule has 0 aliphatic carbocycles. The predicted octanol–water partition coefficient (Wildman–Crippen LogP) is 4.03. The summed E-state index contributed by atoms with van der Waals surface area (Å²) in [5.41, 5.74) is 2.07. The summed E-state index contributed by atoms with van der Waals surface area (Å²) >= 11 is 0. The van der Waals surface area contributed by atoms with Gasteiger partial charge in [0, 0.05) is 12.4 Å². The standard InChI is InChI=1S/C16H17N3O/c1-2-13(16-9-5-12-20-16)18-14-7-3-4-8-15(14)19-11-6-10-17-19/h3-13,18H,2H2,1H3. The van der Waals surface area contributed by atoms with Gasteiger partial charge >= 0.3 is 0 Å². The van der Waals surface area contributed by atoms with E-state index in [1.54, 1.807) is 12.5 Å². The van der Waals surface area contributed by atoms with Crippen LogP contribution in [0.3, 0.4) is 0 Å². The Morgan fingerprint density at radius 1 is 1.20 bits per heavy atom. The third-order valence-corrected chi connectivity index (χ3v) is 3.28. The zero-order valence-corrected chi connectivity index (χ0v) is 11.4. The number of furan rings is 1. The van der Waals surface area contributed by atoms with E-state index in [0.717, 1.165) is 23.6 Å². The molecule has 0 saturated heterocycles. The fourth-order valence-electron chi connectivity index (χ4n) is 2.26. The van der Waals surface area contributed by atoms with Gasteiger partial charge in [-0.2, -0.15) is 5.10 Å². The third-order valence-electron chi connectivity index (χ3n) is 3.28. The zero-order chi connectivity index (χ0) is 13.8. The second kappa shape index (κ2) is 5.65. The Balaban J connectivity index is 1.91. The summed E-state index contributed by atoms with van der Waals surface area (Å²) in [6.07, 6.45) is 6.37. The monoisotopic (exact) mass is 267 g/mol. The normalized spacial score (nSPS) is 12.2. The average molecular weight is 267 g/mol. The summed E-state index contributed by atoms with van der Waals surface area (Å²) in [5.74, 6) is 0.947. The molecule has 0 bridgehead atoms. The first-order valence-electron chi connectivity index (χ1n) is 6.77. The molecule has 102 valence electrons. The number of rotatable bonds is 5. The number of para-hydroxylation sites is 2. The summed E-state index contributed by atoms with van der Waals surface area (Å²) in [6.45, 7) is 2.14. The summed E-state index contributed by atoms with van der Waals surface area (Å²) in [5, 5.41) is 7.83. The zero-order valence-electron chi connectivity index (χ0n) is 11.4. The highest BCUT2D eigenvalue weighted by molar-refractivity contribution is 5.61. The highest BCUT2D eigenvalue weighted by atomic mass is 16.3. The SMILES string of the molecule is CCC(Nc1ccccc1-n1cccn1)c1ccco1. The number of hydrogen-bond donors (Lipinski definition) is 1. The molecule has 0 fully saturated rings. The topological polar surface area (TPSA) is 43.0 Å². The molecular formula is C16H17N3O. The van der Waals surface area contributed by atoms with Gasteiger partial charge in [-0.15, -0.1) is 0 Å². The van der Waals surface area contributed by atoms with E-state index >= 15 is 0 Å². The fourth-order valence-corrected chi connectivity index (χ4v) is 2.26. The quantitative estimate of drug-likeness (QED) is 0.759. The number of hydrogen-bond acceptors (Lipinski definition) is 3. The Labute approximate surface area is 118 Å². The van der Waals surface area contributed by atoms with Gasteiger partial charge in [-0.05, 0) is 36.8 Å². The molecule has 1 unspecified atom stereocenters. The second-order valence-electron chi connectivity index (χ2n) is 4.59. The lowest BCUT2D eigenvalue weighted by molar-refractivity contribution is 0.474. The number of nitrogens with zero attached hydrogens (tertiary/aromatic N) is 2. The van der Waals surface area contributed by atoms with Gasteiger partial charge in [-0.3, -0.25) is 0 Å². The number of benzene rings is 1. The Bertz CT molecular complexity index is 644. The van der Waals surface area contributed by atoms with Crippen molar-refractivity contribution in [2.75, 3.05) is 5.32 Å². The Morgan fingerprint density at radius 3 is 2.80 bits per heavy atom. The largest absolute Gasteiger partial charge is 0.467 e. The first-order valence-corrected chi connectivity index (χ1v) is 6.77. The van der Waals surface area contributed by atoms with E-state index in [2.05, 4.69) is 23.4 Å². The van der Waals surface area contributed by atoms with Crippen LogP contribution in [0.4, 0.5) is 5.69 Å². The van der Waals surface area contributed by atoms with Crippen molar-refractivity contribution in [3.8, 4) is 5.69 Å². The Kier molecular flexibility index (Phi) is 3.54. The number of anilines is 1. The summed E-state index contributed by atoms with van der Waals surface area (Å²) < 4.78 is 7.36. The van der Waals surface area contributed by atoms with Crippen molar-refractivity contribution in [2.45, 2.75) is 19.4 Å². The second-order valence-corrected chi connectivity index (χ2v) is 4.59. The molecule has 2 heterocycles. The van der Waals surface area contributed by atoms with Crippen molar-refractivity contribution < 1.29 is 4.42 Å². The van der Waals surface area contributed by atoms with Crippen LogP contribution in [0.25, 0.3) is 5.69 Å². The van der Waals surface area contributed by atoms with Crippen LogP contribution >= 0.6 is 0 Å². The fraction of sp³-hybridized carbons (Fsp3) is 0.188.